The van der Waals surface area contributed by atoms with Crippen LogP contribution in [0.5, 0.6) is 0 Å². The number of carbonyl (C=O) groups excluding carboxylic acids is 2. The van der Waals surface area contributed by atoms with E-state index in [4.69, 9.17) is 0 Å². The van der Waals surface area contributed by atoms with Crippen LogP contribution in [-0.2, 0) is 11.0 Å². The highest BCUT2D eigenvalue weighted by molar-refractivity contribution is 5.99. The molecule has 0 radical (unpaired) electrons. The third-order valence-electron chi connectivity index (χ3n) is 7.36. The van der Waals surface area contributed by atoms with Crippen LogP contribution in [0.2, 0.25) is 0 Å². The molecule has 208 valence electrons. The van der Waals surface area contributed by atoms with E-state index >= 15 is 0 Å². The van der Waals surface area contributed by atoms with Gasteiger partial charge < -0.3 is 9.80 Å². The molecule has 2 heterocycles. The van der Waals surface area contributed by atoms with Crippen molar-refractivity contribution in [1.82, 2.24) is 14.7 Å². The largest absolute Gasteiger partial charge is 0.416 e. The van der Waals surface area contributed by atoms with Crippen LogP contribution in [-0.4, -0.2) is 65.4 Å². The van der Waals surface area contributed by atoms with Crippen LogP contribution in [0.15, 0.2) is 59.8 Å². The first-order valence-corrected chi connectivity index (χ1v) is 12.9. The topological polar surface area (TPSA) is 94.7 Å². The van der Waals surface area contributed by atoms with Crippen molar-refractivity contribution in [3.05, 3.63) is 76.5 Å². The number of anilines is 1. The van der Waals surface area contributed by atoms with Crippen LogP contribution in [0.4, 0.5) is 23.7 Å². The van der Waals surface area contributed by atoms with Gasteiger partial charge in [0.05, 0.1) is 40.6 Å². The predicted octanol–water partition coefficient (Wildman–Crippen LogP) is 4.91. The van der Waals surface area contributed by atoms with Crippen molar-refractivity contribution < 1.29 is 22.8 Å². The van der Waals surface area contributed by atoms with Crippen LogP contribution in [0.3, 0.4) is 0 Å². The van der Waals surface area contributed by atoms with Crippen molar-refractivity contribution in [2.45, 2.75) is 39.0 Å². The van der Waals surface area contributed by atoms with Gasteiger partial charge in [0, 0.05) is 37.9 Å². The van der Waals surface area contributed by atoms with Gasteiger partial charge in [0.1, 0.15) is 6.54 Å². The van der Waals surface area contributed by atoms with Crippen LogP contribution < -0.4 is 4.90 Å². The molecule has 2 aromatic carbocycles. The molecule has 11 heteroatoms. The van der Waals surface area contributed by atoms with E-state index in [1.807, 2.05) is 6.07 Å². The van der Waals surface area contributed by atoms with Crippen molar-refractivity contribution in [2.75, 3.05) is 37.6 Å². The van der Waals surface area contributed by atoms with E-state index < -0.39 is 23.8 Å². The van der Waals surface area contributed by atoms with Crippen LogP contribution in [0.1, 0.15) is 43.5 Å². The van der Waals surface area contributed by atoms with Gasteiger partial charge in [-0.25, -0.2) is 4.79 Å². The Hall–Kier alpha value is -4.35. The Morgan fingerprint density at radius 2 is 1.68 bits per heavy atom. The molecule has 0 unspecified atom stereocenters. The summed E-state index contributed by atoms with van der Waals surface area (Å²) in [4.78, 5) is 33.7. The molecule has 2 aromatic rings. The number of alkyl halides is 3. The molecule has 2 aliphatic rings. The summed E-state index contributed by atoms with van der Waals surface area (Å²) < 4.78 is 40.5. The van der Waals surface area contributed by atoms with Crippen molar-refractivity contribution in [3.63, 3.8) is 0 Å². The number of rotatable bonds is 5. The van der Waals surface area contributed by atoms with E-state index in [-0.39, 0.29) is 29.4 Å². The smallest absolute Gasteiger partial charge is 0.339 e. The number of halogens is 3. The third-order valence-corrected chi connectivity index (χ3v) is 7.36. The summed E-state index contributed by atoms with van der Waals surface area (Å²) in [5.41, 5.74) is 0.149. The quantitative estimate of drug-likeness (QED) is 0.527. The number of amides is 3. The lowest BCUT2D eigenvalue weighted by molar-refractivity contribution is -0.137. The number of hydrogen-bond donors (Lipinski definition) is 0. The average Bonchev–Trinajstić information content (AvgIpc) is 2.94. The highest BCUT2D eigenvalue weighted by Gasteiger charge is 2.42. The average molecular weight is 551 g/mol. The van der Waals surface area contributed by atoms with E-state index in [0.29, 0.717) is 43.3 Å². The van der Waals surface area contributed by atoms with Gasteiger partial charge in [-0.15, -0.1) is 0 Å². The lowest BCUT2D eigenvalue weighted by atomic mass is 9.93. The number of hydrogen-bond acceptors (Lipinski definition) is 5. The molecule has 8 nitrogen and oxygen atoms in total. The zero-order valence-corrected chi connectivity index (χ0v) is 22.4. The second-order valence-corrected chi connectivity index (χ2v) is 10.1. The number of allylic oxidation sites excluding steroid dienone is 1. The highest BCUT2D eigenvalue weighted by Crippen LogP contribution is 2.40. The Labute approximate surface area is 231 Å². The summed E-state index contributed by atoms with van der Waals surface area (Å²) in [5, 5.41) is 19.4. The molecule has 3 amide bonds. The van der Waals surface area contributed by atoms with E-state index in [1.165, 1.54) is 24.0 Å². The summed E-state index contributed by atoms with van der Waals surface area (Å²) in [6.45, 7) is 7.57. The fourth-order valence-corrected chi connectivity index (χ4v) is 5.10. The predicted molar refractivity (Wildman–Crippen MR) is 142 cm³/mol. The fourth-order valence-electron chi connectivity index (χ4n) is 5.10. The lowest BCUT2D eigenvalue weighted by Crippen LogP contribution is -2.56. The van der Waals surface area contributed by atoms with Crippen LogP contribution in [0.25, 0.3) is 0 Å². The van der Waals surface area contributed by atoms with Crippen molar-refractivity contribution in [1.29, 1.82) is 10.5 Å². The number of piperazine rings is 1. The molecule has 4 rings (SSSR count). The normalized spacial score (nSPS) is 18.7. The summed E-state index contributed by atoms with van der Waals surface area (Å²) in [7, 11) is 0. The zero-order chi connectivity index (χ0) is 29.2. The molecule has 1 saturated heterocycles. The van der Waals surface area contributed by atoms with Gasteiger partial charge in [0.2, 0.25) is 5.91 Å². The molecular formula is C29H29F3N6O2. The summed E-state index contributed by atoms with van der Waals surface area (Å²) >= 11 is 0. The van der Waals surface area contributed by atoms with Crippen LogP contribution in [0, 0.1) is 22.7 Å². The molecule has 0 saturated carbocycles. The van der Waals surface area contributed by atoms with Gasteiger partial charge in [-0.2, -0.15) is 23.7 Å². The number of benzene rings is 2. The van der Waals surface area contributed by atoms with Crippen LogP contribution >= 0.6 is 0 Å². The Balaban J connectivity index is 1.76. The molecule has 1 fully saturated rings. The van der Waals surface area contributed by atoms with Crippen molar-refractivity contribution >= 4 is 17.6 Å². The van der Waals surface area contributed by atoms with Crippen molar-refractivity contribution in [2.24, 2.45) is 0 Å². The SMILES string of the molecule is CC1=C(C#N)[C@@H](c2ccc(C#N)cc2)N(CC(=O)N2CCN(C(C)C)CC2)C(=O)N1c1cccc(C(F)(F)F)c1. The molecule has 2 aliphatic heterocycles. The van der Waals surface area contributed by atoms with E-state index in [9.17, 15) is 33.3 Å². The van der Waals surface area contributed by atoms with Gasteiger partial charge in [-0.3, -0.25) is 14.6 Å². The van der Waals surface area contributed by atoms with E-state index in [1.54, 1.807) is 29.2 Å². The van der Waals surface area contributed by atoms with Gasteiger partial charge in [0.25, 0.3) is 0 Å². The monoisotopic (exact) mass is 550 g/mol. The van der Waals surface area contributed by atoms with Gasteiger partial charge >= 0.3 is 12.2 Å². The Morgan fingerprint density at radius 1 is 1.02 bits per heavy atom. The zero-order valence-electron chi connectivity index (χ0n) is 22.4. The van der Waals surface area contributed by atoms with Gasteiger partial charge in [-0.05, 0) is 56.7 Å². The lowest BCUT2D eigenvalue weighted by Gasteiger charge is -2.43. The first kappa shape index (κ1) is 28.7. The first-order valence-electron chi connectivity index (χ1n) is 12.9. The van der Waals surface area contributed by atoms with E-state index in [2.05, 4.69) is 24.8 Å². The Bertz CT molecular complexity index is 1400. The fraction of sp³-hybridized carbons (Fsp3) is 0.379. The second-order valence-electron chi connectivity index (χ2n) is 10.1. The van der Waals surface area contributed by atoms with E-state index in [0.717, 1.165) is 17.0 Å². The molecule has 0 spiro atoms. The highest BCUT2D eigenvalue weighted by atomic mass is 19.4. The molecule has 0 N–H and O–H groups in total. The summed E-state index contributed by atoms with van der Waals surface area (Å²) in [5.74, 6) is -0.323. The minimum Gasteiger partial charge on any atom is -0.339 e. The molecule has 0 bridgehead atoms. The van der Waals surface area contributed by atoms with Gasteiger partial charge in [0.15, 0.2) is 0 Å². The molecule has 40 heavy (non-hydrogen) atoms. The summed E-state index contributed by atoms with van der Waals surface area (Å²) in [6.07, 6.45) is -4.64. The first-order chi connectivity index (χ1) is 19.0. The Kier molecular flexibility index (Phi) is 8.17. The molecular weight excluding hydrogens is 521 g/mol. The number of carbonyl (C=O) groups is 2. The number of urea groups is 1. The Morgan fingerprint density at radius 3 is 2.23 bits per heavy atom. The summed E-state index contributed by atoms with van der Waals surface area (Å²) in [6, 6.07) is 13.4. The number of nitriles is 2. The maximum atomic E-state index is 14.0. The molecule has 0 aliphatic carbocycles. The van der Waals surface area contributed by atoms with Crippen molar-refractivity contribution in [3.8, 4) is 12.1 Å². The minimum absolute atomic E-state index is 0.0636. The maximum Gasteiger partial charge on any atom is 0.416 e. The number of nitrogens with zero attached hydrogens (tertiary/aromatic N) is 6. The minimum atomic E-state index is -4.64. The van der Waals surface area contributed by atoms with Gasteiger partial charge in [-0.1, -0.05) is 18.2 Å². The molecule has 0 aromatic heterocycles. The standard InChI is InChI=1S/C29H29F3N6O2/c1-19(2)35-11-13-36(14-12-35)26(39)18-37-27(22-9-7-21(16-33)8-10-22)25(17-34)20(3)38(28(37)40)24-6-4-5-23(15-24)29(30,31)32/h4-10,15,19,27H,11-14,18H2,1-3H3/t27-/m1/s1. The molecule has 1 atom stereocenters. The second kappa shape index (κ2) is 11.4. The maximum absolute atomic E-state index is 14.0. The third kappa shape index (κ3) is 5.65.